The van der Waals surface area contributed by atoms with Gasteiger partial charge in [-0.05, 0) is 31.2 Å². The number of rotatable bonds is 7. The van der Waals surface area contributed by atoms with Crippen molar-refractivity contribution in [2.24, 2.45) is 5.41 Å². The van der Waals surface area contributed by atoms with Gasteiger partial charge >= 0.3 is 0 Å². The summed E-state index contributed by atoms with van der Waals surface area (Å²) in [6.07, 6.45) is 3.89. The summed E-state index contributed by atoms with van der Waals surface area (Å²) in [4.78, 5) is 11.7. The molecule has 0 bridgehead atoms. The van der Waals surface area contributed by atoms with E-state index in [-0.39, 0.29) is 23.7 Å². The van der Waals surface area contributed by atoms with Crippen molar-refractivity contribution in [2.75, 3.05) is 26.8 Å². The quantitative estimate of drug-likeness (QED) is 0.746. The highest BCUT2D eigenvalue weighted by atomic mass is 35.5. The van der Waals surface area contributed by atoms with Crippen LogP contribution in [0.2, 0.25) is 0 Å². The average Bonchev–Trinajstić information content (AvgIpc) is 2.77. The zero-order valence-corrected chi connectivity index (χ0v) is 12.6. The molecule has 1 rings (SSSR count). The molecule has 0 radical (unpaired) electrons. The molecule has 0 aliphatic carbocycles. The second kappa shape index (κ2) is 8.73. The van der Waals surface area contributed by atoms with E-state index in [0.717, 1.165) is 32.5 Å². The second-order valence-electron chi connectivity index (χ2n) is 5.68. The third kappa shape index (κ3) is 7.19. The van der Waals surface area contributed by atoms with Crippen molar-refractivity contribution in [1.29, 1.82) is 0 Å². The molecule has 1 aliphatic rings. The first-order valence-electron chi connectivity index (χ1n) is 6.52. The maximum absolute atomic E-state index is 11.7. The standard InChI is InChI=1S/C13H26N2O2.ClH/c1-13(2,6-8-17-3)10-15-12(16)9-11-5-4-7-14-11;/h11,14H,4-10H2,1-3H3,(H,15,16);1H. The monoisotopic (exact) mass is 278 g/mol. The molecule has 1 aliphatic heterocycles. The summed E-state index contributed by atoms with van der Waals surface area (Å²) in [5.74, 6) is 0.162. The number of ether oxygens (including phenoxy) is 1. The van der Waals surface area contributed by atoms with E-state index in [0.29, 0.717) is 12.5 Å². The van der Waals surface area contributed by atoms with E-state index in [4.69, 9.17) is 4.74 Å². The minimum atomic E-state index is 0. The maximum atomic E-state index is 11.7. The van der Waals surface area contributed by atoms with Gasteiger partial charge in [-0.25, -0.2) is 0 Å². The van der Waals surface area contributed by atoms with Crippen LogP contribution in [-0.2, 0) is 9.53 Å². The van der Waals surface area contributed by atoms with Crippen molar-refractivity contribution in [1.82, 2.24) is 10.6 Å². The summed E-state index contributed by atoms with van der Waals surface area (Å²) in [7, 11) is 1.71. The molecule has 0 aromatic rings. The van der Waals surface area contributed by atoms with Gasteiger partial charge in [-0.1, -0.05) is 13.8 Å². The molecule has 1 heterocycles. The lowest BCUT2D eigenvalue weighted by molar-refractivity contribution is -0.122. The van der Waals surface area contributed by atoms with Gasteiger partial charge in [0.25, 0.3) is 0 Å². The van der Waals surface area contributed by atoms with E-state index in [9.17, 15) is 4.79 Å². The Kier molecular flexibility index (Phi) is 8.57. The highest BCUT2D eigenvalue weighted by Crippen LogP contribution is 2.18. The molecule has 5 heteroatoms. The fraction of sp³-hybridized carbons (Fsp3) is 0.923. The number of carbonyl (C=O) groups is 1. The Hall–Kier alpha value is -0.320. The summed E-state index contributed by atoms with van der Waals surface area (Å²) in [6, 6.07) is 0.386. The molecule has 1 unspecified atom stereocenters. The van der Waals surface area contributed by atoms with Gasteiger partial charge in [0.2, 0.25) is 5.91 Å². The van der Waals surface area contributed by atoms with Gasteiger partial charge in [-0.2, -0.15) is 0 Å². The van der Waals surface area contributed by atoms with Crippen LogP contribution in [0.5, 0.6) is 0 Å². The summed E-state index contributed by atoms with van der Waals surface area (Å²) < 4.78 is 5.07. The summed E-state index contributed by atoms with van der Waals surface area (Å²) in [5, 5.41) is 6.36. The van der Waals surface area contributed by atoms with Crippen molar-refractivity contribution < 1.29 is 9.53 Å². The third-order valence-corrected chi connectivity index (χ3v) is 3.34. The van der Waals surface area contributed by atoms with Gasteiger partial charge in [0.15, 0.2) is 0 Å². The lowest BCUT2D eigenvalue weighted by Gasteiger charge is -2.24. The first kappa shape index (κ1) is 17.7. The molecule has 0 aromatic carbocycles. The fourth-order valence-electron chi connectivity index (χ4n) is 2.03. The minimum Gasteiger partial charge on any atom is -0.385 e. The van der Waals surface area contributed by atoms with Crippen LogP contribution in [0.15, 0.2) is 0 Å². The molecule has 1 fully saturated rings. The predicted molar refractivity (Wildman–Crippen MR) is 76.2 cm³/mol. The minimum absolute atomic E-state index is 0. The van der Waals surface area contributed by atoms with Gasteiger partial charge < -0.3 is 15.4 Å². The molecule has 2 N–H and O–H groups in total. The van der Waals surface area contributed by atoms with Crippen LogP contribution in [0.3, 0.4) is 0 Å². The smallest absolute Gasteiger partial charge is 0.221 e. The molecule has 1 amide bonds. The number of nitrogens with one attached hydrogen (secondary N) is 2. The molecule has 108 valence electrons. The van der Waals surface area contributed by atoms with Crippen molar-refractivity contribution >= 4 is 18.3 Å². The van der Waals surface area contributed by atoms with E-state index < -0.39 is 0 Å². The highest BCUT2D eigenvalue weighted by Gasteiger charge is 2.21. The zero-order chi connectivity index (χ0) is 12.7. The van der Waals surface area contributed by atoms with Gasteiger partial charge in [-0.15, -0.1) is 12.4 Å². The number of amides is 1. The molecular formula is C13H27ClN2O2. The highest BCUT2D eigenvalue weighted by molar-refractivity contribution is 5.85. The topological polar surface area (TPSA) is 50.4 Å². The first-order chi connectivity index (χ1) is 8.03. The Morgan fingerprint density at radius 1 is 1.50 bits per heavy atom. The Bertz CT molecular complexity index is 241. The lowest BCUT2D eigenvalue weighted by atomic mass is 9.89. The average molecular weight is 279 g/mol. The molecule has 0 spiro atoms. The third-order valence-electron chi connectivity index (χ3n) is 3.34. The summed E-state index contributed by atoms with van der Waals surface area (Å²) in [6.45, 7) is 6.83. The van der Waals surface area contributed by atoms with Gasteiger partial charge in [0.05, 0.1) is 0 Å². The van der Waals surface area contributed by atoms with Crippen LogP contribution in [0.25, 0.3) is 0 Å². The van der Waals surface area contributed by atoms with E-state index in [1.807, 2.05) is 0 Å². The van der Waals surface area contributed by atoms with E-state index in [2.05, 4.69) is 24.5 Å². The van der Waals surface area contributed by atoms with Gasteiger partial charge in [-0.3, -0.25) is 4.79 Å². The Balaban J connectivity index is 0.00000289. The Morgan fingerprint density at radius 2 is 2.22 bits per heavy atom. The molecule has 4 nitrogen and oxygen atoms in total. The number of hydrogen-bond donors (Lipinski definition) is 2. The van der Waals surface area contributed by atoms with E-state index >= 15 is 0 Å². The second-order valence-corrected chi connectivity index (χ2v) is 5.68. The van der Waals surface area contributed by atoms with Crippen molar-refractivity contribution in [2.45, 2.75) is 45.6 Å². The largest absolute Gasteiger partial charge is 0.385 e. The van der Waals surface area contributed by atoms with Crippen LogP contribution in [0.1, 0.15) is 39.5 Å². The van der Waals surface area contributed by atoms with Crippen LogP contribution in [0.4, 0.5) is 0 Å². The van der Waals surface area contributed by atoms with Gasteiger partial charge in [0.1, 0.15) is 0 Å². The van der Waals surface area contributed by atoms with Crippen LogP contribution < -0.4 is 10.6 Å². The number of halogens is 1. The zero-order valence-electron chi connectivity index (χ0n) is 11.8. The molecular weight excluding hydrogens is 252 g/mol. The van der Waals surface area contributed by atoms with E-state index in [1.54, 1.807) is 7.11 Å². The van der Waals surface area contributed by atoms with Crippen molar-refractivity contribution in [3.05, 3.63) is 0 Å². The normalized spacial score (nSPS) is 19.4. The van der Waals surface area contributed by atoms with E-state index in [1.165, 1.54) is 6.42 Å². The van der Waals surface area contributed by atoms with Gasteiger partial charge in [0, 0.05) is 32.7 Å². The molecule has 0 saturated carbocycles. The predicted octanol–water partition coefficient (Wildman–Crippen LogP) is 1.73. The summed E-state index contributed by atoms with van der Waals surface area (Å²) in [5.41, 5.74) is 0.106. The summed E-state index contributed by atoms with van der Waals surface area (Å²) >= 11 is 0. The van der Waals surface area contributed by atoms with Crippen LogP contribution in [-0.4, -0.2) is 38.8 Å². The molecule has 0 aromatic heterocycles. The van der Waals surface area contributed by atoms with Crippen molar-refractivity contribution in [3.8, 4) is 0 Å². The fourth-order valence-corrected chi connectivity index (χ4v) is 2.03. The maximum Gasteiger partial charge on any atom is 0.221 e. The Labute approximate surface area is 117 Å². The van der Waals surface area contributed by atoms with Crippen LogP contribution >= 0.6 is 12.4 Å². The molecule has 1 saturated heterocycles. The number of carbonyl (C=O) groups excluding carboxylic acids is 1. The van der Waals surface area contributed by atoms with Crippen molar-refractivity contribution in [3.63, 3.8) is 0 Å². The number of methoxy groups -OCH3 is 1. The van der Waals surface area contributed by atoms with Crippen LogP contribution in [0, 0.1) is 5.41 Å². The Morgan fingerprint density at radius 3 is 2.78 bits per heavy atom. The number of hydrogen-bond acceptors (Lipinski definition) is 3. The molecule has 1 atom stereocenters. The lowest BCUT2D eigenvalue weighted by Crippen LogP contribution is -2.37. The first-order valence-corrected chi connectivity index (χ1v) is 6.52. The SMILES string of the molecule is COCCC(C)(C)CNC(=O)CC1CCCN1.Cl. The molecule has 18 heavy (non-hydrogen) atoms.